The van der Waals surface area contributed by atoms with Crippen LogP contribution in [-0.2, 0) is 11.2 Å². The summed E-state index contributed by atoms with van der Waals surface area (Å²) in [4.78, 5) is 16.9. The maximum atomic E-state index is 12.4. The van der Waals surface area contributed by atoms with E-state index < -0.39 is 0 Å². The smallest absolute Gasteiger partial charge is 0.230 e. The van der Waals surface area contributed by atoms with Crippen molar-refractivity contribution in [2.75, 3.05) is 19.5 Å². The third-order valence-corrected chi connectivity index (χ3v) is 4.90. The maximum Gasteiger partial charge on any atom is 0.230 e. The Hall–Kier alpha value is -2.57. The minimum Gasteiger partial charge on any atom is -0.495 e. The summed E-state index contributed by atoms with van der Waals surface area (Å²) >= 11 is 7.64. The predicted molar refractivity (Wildman–Crippen MR) is 104 cm³/mol. The van der Waals surface area contributed by atoms with Crippen molar-refractivity contribution < 1.29 is 14.3 Å². The summed E-state index contributed by atoms with van der Waals surface area (Å²) in [6, 6.07) is 13.1. The van der Waals surface area contributed by atoms with Crippen LogP contribution in [0.3, 0.4) is 0 Å². The molecule has 0 saturated carbocycles. The number of halogens is 1. The fourth-order valence-corrected chi connectivity index (χ4v) is 3.48. The summed E-state index contributed by atoms with van der Waals surface area (Å²) in [5.41, 5.74) is 2.24. The van der Waals surface area contributed by atoms with Gasteiger partial charge in [-0.25, -0.2) is 4.98 Å². The molecule has 0 saturated heterocycles. The van der Waals surface area contributed by atoms with Crippen LogP contribution in [0.25, 0.3) is 10.6 Å². The number of carbonyl (C=O) groups excluding carboxylic acids is 1. The molecule has 0 aliphatic heterocycles. The Labute approximate surface area is 160 Å². The highest BCUT2D eigenvalue weighted by Gasteiger charge is 2.14. The molecule has 1 aromatic heterocycles. The van der Waals surface area contributed by atoms with Gasteiger partial charge in [0.1, 0.15) is 16.5 Å². The number of ether oxygens (including phenoxy) is 2. The van der Waals surface area contributed by atoms with Gasteiger partial charge in [0.15, 0.2) is 0 Å². The normalized spacial score (nSPS) is 10.4. The van der Waals surface area contributed by atoms with Crippen LogP contribution in [0.2, 0.25) is 5.02 Å². The predicted octanol–water partition coefficient (Wildman–Crippen LogP) is 4.66. The molecule has 3 rings (SSSR count). The van der Waals surface area contributed by atoms with E-state index >= 15 is 0 Å². The molecule has 0 atom stereocenters. The summed E-state index contributed by atoms with van der Waals surface area (Å²) < 4.78 is 10.4. The zero-order valence-corrected chi connectivity index (χ0v) is 15.9. The molecule has 134 valence electrons. The number of anilines is 1. The molecule has 0 spiro atoms. The molecule has 0 bridgehead atoms. The van der Waals surface area contributed by atoms with Crippen LogP contribution in [0.1, 0.15) is 5.69 Å². The van der Waals surface area contributed by atoms with Gasteiger partial charge >= 0.3 is 0 Å². The van der Waals surface area contributed by atoms with Crippen LogP contribution in [0, 0.1) is 0 Å². The highest BCUT2D eigenvalue weighted by molar-refractivity contribution is 7.13. The van der Waals surface area contributed by atoms with Gasteiger partial charge in [-0.1, -0.05) is 41.9 Å². The van der Waals surface area contributed by atoms with Crippen LogP contribution in [0.5, 0.6) is 11.5 Å². The fourth-order valence-electron chi connectivity index (χ4n) is 2.42. The van der Waals surface area contributed by atoms with Crippen molar-refractivity contribution in [1.82, 2.24) is 4.98 Å². The van der Waals surface area contributed by atoms with Crippen molar-refractivity contribution in [3.63, 3.8) is 0 Å². The first kappa shape index (κ1) is 18.2. The summed E-state index contributed by atoms with van der Waals surface area (Å²) in [5, 5.41) is 5.98. The number of amides is 1. The molecule has 1 amide bonds. The number of carbonyl (C=O) groups is 1. The Bertz CT molecular complexity index is 912. The van der Waals surface area contributed by atoms with Crippen LogP contribution < -0.4 is 14.8 Å². The van der Waals surface area contributed by atoms with Crippen molar-refractivity contribution in [3.8, 4) is 22.1 Å². The number of aromatic nitrogens is 1. The standard InChI is InChI=1S/C19H17ClN2O3S/c1-24-16-10-17(25-2)15(9-14(16)20)22-18(23)8-13-11-26-19(21-13)12-6-4-3-5-7-12/h3-7,9-11H,8H2,1-2H3,(H,22,23). The molecular formula is C19H17ClN2O3S. The molecule has 0 aliphatic carbocycles. The third kappa shape index (κ3) is 4.15. The lowest BCUT2D eigenvalue weighted by Gasteiger charge is -2.12. The third-order valence-electron chi connectivity index (χ3n) is 3.66. The molecule has 0 unspecified atom stereocenters. The Morgan fingerprint density at radius 2 is 1.88 bits per heavy atom. The van der Waals surface area contributed by atoms with E-state index in [0.29, 0.717) is 27.9 Å². The summed E-state index contributed by atoms with van der Waals surface area (Å²) in [6.07, 6.45) is 0.163. The molecular weight excluding hydrogens is 372 g/mol. The largest absolute Gasteiger partial charge is 0.495 e. The van der Waals surface area contributed by atoms with E-state index in [9.17, 15) is 4.79 Å². The van der Waals surface area contributed by atoms with Crippen molar-refractivity contribution in [2.45, 2.75) is 6.42 Å². The number of methoxy groups -OCH3 is 2. The van der Waals surface area contributed by atoms with Crippen LogP contribution in [-0.4, -0.2) is 25.1 Å². The second-order valence-corrected chi connectivity index (χ2v) is 6.69. The van der Waals surface area contributed by atoms with Crippen molar-refractivity contribution >= 4 is 34.5 Å². The van der Waals surface area contributed by atoms with Gasteiger partial charge in [0.05, 0.1) is 37.0 Å². The second-order valence-electron chi connectivity index (χ2n) is 5.42. The molecule has 7 heteroatoms. The SMILES string of the molecule is COc1cc(OC)c(NC(=O)Cc2csc(-c3ccccc3)n2)cc1Cl. The highest BCUT2D eigenvalue weighted by atomic mass is 35.5. The molecule has 1 heterocycles. The summed E-state index contributed by atoms with van der Waals surface area (Å²) in [6.45, 7) is 0. The number of rotatable bonds is 6. The fraction of sp³-hybridized carbons (Fsp3) is 0.158. The lowest BCUT2D eigenvalue weighted by molar-refractivity contribution is -0.115. The Balaban J connectivity index is 1.72. The Morgan fingerprint density at radius 3 is 2.58 bits per heavy atom. The number of nitrogens with one attached hydrogen (secondary N) is 1. The van der Waals surface area contributed by atoms with Crippen LogP contribution >= 0.6 is 22.9 Å². The van der Waals surface area contributed by atoms with Crippen molar-refractivity contribution in [2.24, 2.45) is 0 Å². The van der Waals surface area contributed by atoms with E-state index in [1.807, 2.05) is 35.7 Å². The van der Waals surface area contributed by atoms with Gasteiger partial charge in [0, 0.05) is 17.0 Å². The number of hydrogen-bond donors (Lipinski definition) is 1. The van der Waals surface area contributed by atoms with E-state index in [4.69, 9.17) is 21.1 Å². The lowest BCUT2D eigenvalue weighted by atomic mass is 10.2. The number of benzene rings is 2. The minimum atomic E-state index is -0.200. The first-order valence-corrected chi connectivity index (χ1v) is 9.07. The van der Waals surface area contributed by atoms with Gasteiger partial charge in [0.25, 0.3) is 0 Å². The second kappa shape index (κ2) is 8.21. The lowest BCUT2D eigenvalue weighted by Crippen LogP contribution is -2.15. The number of nitrogens with zero attached hydrogens (tertiary/aromatic N) is 1. The molecule has 0 radical (unpaired) electrons. The molecule has 3 aromatic rings. The quantitative estimate of drug-likeness (QED) is 0.667. The molecule has 5 nitrogen and oxygen atoms in total. The molecule has 2 aromatic carbocycles. The maximum absolute atomic E-state index is 12.4. The first-order chi connectivity index (χ1) is 12.6. The monoisotopic (exact) mass is 388 g/mol. The van der Waals surface area contributed by atoms with Crippen LogP contribution in [0.4, 0.5) is 5.69 Å². The van der Waals surface area contributed by atoms with E-state index in [2.05, 4.69) is 10.3 Å². The van der Waals surface area contributed by atoms with Crippen molar-refractivity contribution in [3.05, 3.63) is 58.6 Å². The Kier molecular flexibility index (Phi) is 5.75. The van der Waals surface area contributed by atoms with E-state index in [1.165, 1.54) is 25.6 Å². The first-order valence-electron chi connectivity index (χ1n) is 7.82. The van der Waals surface area contributed by atoms with E-state index in [-0.39, 0.29) is 12.3 Å². The van der Waals surface area contributed by atoms with Gasteiger partial charge in [-0.2, -0.15) is 0 Å². The van der Waals surface area contributed by atoms with Crippen molar-refractivity contribution in [1.29, 1.82) is 0 Å². The summed E-state index contributed by atoms with van der Waals surface area (Å²) in [5.74, 6) is 0.755. The molecule has 1 N–H and O–H groups in total. The van der Waals surface area contributed by atoms with E-state index in [1.54, 1.807) is 12.1 Å². The molecule has 26 heavy (non-hydrogen) atoms. The van der Waals surface area contributed by atoms with E-state index in [0.717, 1.165) is 10.6 Å². The molecule has 0 aliphatic rings. The average molecular weight is 389 g/mol. The zero-order valence-electron chi connectivity index (χ0n) is 14.3. The number of thiazole rings is 1. The van der Waals surface area contributed by atoms with Gasteiger partial charge in [-0.05, 0) is 6.07 Å². The summed E-state index contributed by atoms with van der Waals surface area (Å²) in [7, 11) is 3.04. The van der Waals surface area contributed by atoms with Crippen LogP contribution in [0.15, 0.2) is 47.8 Å². The topological polar surface area (TPSA) is 60.5 Å². The minimum absolute atomic E-state index is 0.163. The van der Waals surface area contributed by atoms with Gasteiger partial charge in [-0.15, -0.1) is 11.3 Å². The number of hydrogen-bond acceptors (Lipinski definition) is 5. The Morgan fingerprint density at radius 1 is 1.15 bits per heavy atom. The average Bonchev–Trinajstić information content (AvgIpc) is 3.11. The highest BCUT2D eigenvalue weighted by Crippen LogP contribution is 2.36. The van der Waals surface area contributed by atoms with Gasteiger partial charge in [0.2, 0.25) is 5.91 Å². The van der Waals surface area contributed by atoms with Gasteiger partial charge in [-0.3, -0.25) is 4.79 Å². The molecule has 0 fully saturated rings. The van der Waals surface area contributed by atoms with Gasteiger partial charge < -0.3 is 14.8 Å². The zero-order chi connectivity index (χ0) is 18.5.